The molecule has 0 aliphatic carbocycles. The van der Waals surface area contributed by atoms with Gasteiger partial charge in [-0.05, 0) is 73.2 Å². The largest absolute Gasteiger partial charge is 0.309 e. The molecule has 0 bridgehead atoms. The maximum absolute atomic E-state index is 12.9. The molecule has 1 amide bonds. The topological polar surface area (TPSA) is 66.5 Å². The van der Waals surface area contributed by atoms with Gasteiger partial charge in [0.05, 0.1) is 4.90 Å². The molecule has 1 aliphatic rings. The molecule has 3 aromatic carbocycles. The first kappa shape index (κ1) is 23.7. The summed E-state index contributed by atoms with van der Waals surface area (Å²) in [6.07, 6.45) is 2.43. The predicted molar refractivity (Wildman–Crippen MR) is 135 cm³/mol. The normalized spacial score (nSPS) is 15.5. The van der Waals surface area contributed by atoms with Crippen molar-refractivity contribution in [2.75, 3.05) is 11.4 Å². The molecule has 7 heteroatoms. The molecular weight excluding hydrogens is 500 g/mol. The summed E-state index contributed by atoms with van der Waals surface area (Å²) < 4.78 is 28.8. The maximum atomic E-state index is 12.9. The van der Waals surface area contributed by atoms with E-state index in [0.29, 0.717) is 25.8 Å². The fraction of sp³-hybridized carbons (Fsp3) is 0.269. The van der Waals surface area contributed by atoms with Crippen molar-refractivity contribution in [2.24, 2.45) is 0 Å². The molecule has 1 N–H and O–H groups in total. The van der Waals surface area contributed by atoms with Crippen LogP contribution in [0.2, 0.25) is 0 Å². The van der Waals surface area contributed by atoms with E-state index >= 15 is 0 Å². The molecule has 33 heavy (non-hydrogen) atoms. The van der Waals surface area contributed by atoms with Gasteiger partial charge in [-0.25, -0.2) is 13.1 Å². The van der Waals surface area contributed by atoms with Crippen LogP contribution in [0.15, 0.2) is 82.2 Å². The number of aryl methyl sites for hydroxylation is 1. The van der Waals surface area contributed by atoms with Crippen molar-refractivity contribution >= 4 is 37.5 Å². The number of halogens is 1. The highest BCUT2D eigenvalue weighted by atomic mass is 79.9. The van der Waals surface area contributed by atoms with Crippen molar-refractivity contribution < 1.29 is 13.2 Å². The number of anilines is 1. The fourth-order valence-corrected chi connectivity index (χ4v) is 5.68. The number of sulfonamides is 1. The molecule has 0 saturated carbocycles. The fourth-order valence-electron chi connectivity index (χ4n) is 4.24. The van der Waals surface area contributed by atoms with Gasteiger partial charge in [-0.3, -0.25) is 4.79 Å². The second-order valence-electron chi connectivity index (χ2n) is 8.37. The van der Waals surface area contributed by atoms with Crippen LogP contribution in [-0.4, -0.2) is 26.9 Å². The molecular formula is C26H27BrN2O3S. The Morgan fingerprint density at radius 3 is 2.42 bits per heavy atom. The van der Waals surface area contributed by atoms with Gasteiger partial charge in [-0.15, -0.1) is 0 Å². The molecule has 1 aliphatic heterocycles. The molecule has 4 rings (SSSR count). The zero-order valence-electron chi connectivity index (χ0n) is 18.5. The summed E-state index contributed by atoms with van der Waals surface area (Å²) in [5.41, 5.74) is 4.19. The van der Waals surface area contributed by atoms with Crippen LogP contribution in [0.4, 0.5) is 5.69 Å². The van der Waals surface area contributed by atoms with Gasteiger partial charge in [0.25, 0.3) is 0 Å². The van der Waals surface area contributed by atoms with E-state index in [1.807, 2.05) is 47.4 Å². The van der Waals surface area contributed by atoms with Crippen molar-refractivity contribution in [1.29, 1.82) is 0 Å². The minimum absolute atomic E-state index is 0.0860. The van der Waals surface area contributed by atoms with E-state index < -0.39 is 10.0 Å². The average molecular weight is 527 g/mol. The van der Waals surface area contributed by atoms with Crippen LogP contribution in [0, 0.1) is 0 Å². The van der Waals surface area contributed by atoms with E-state index in [0.717, 1.165) is 27.7 Å². The van der Waals surface area contributed by atoms with Crippen LogP contribution in [0.5, 0.6) is 0 Å². The third-order valence-corrected chi connectivity index (χ3v) is 7.91. The molecule has 0 fully saturated rings. The number of carbonyl (C=O) groups excluding carboxylic acids is 1. The lowest BCUT2D eigenvalue weighted by Crippen LogP contribution is -2.35. The summed E-state index contributed by atoms with van der Waals surface area (Å²) in [6, 6.07) is 22.7. The lowest BCUT2D eigenvalue weighted by atomic mass is 10.1. The summed E-state index contributed by atoms with van der Waals surface area (Å²) >= 11 is 3.50. The van der Waals surface area contributed by atoms with Gasteiger partial charge in [0.1, 0.15) is 0 Å². The third kappa shape index (κ3) is 5.72. The number of hydrogen-bond donors (Lipinski definition) is 1. The highest BCUT2D eigenvalue weighted by Gasteiger charge is 2.30. The Morgan fingerprint density at radius 1 is 1.00 bits per heavy atom. The van der Waals surface area contributed by atoms with Crippen molar-refractivity contribution in [2.45, 2.75) is 43.5 Å². The maximum Gasteiger partial charge on any atom is 0.240 e. The first-order chi connectivity index (χ1) is 15.8. The second-order valence-corrected chi connectivity index (χ2v) is 11.0. The minimum atomic E-state index is -3.56. The number of fused-ring (bicyclic) bond motifs is 1. The highest BCUT2D eigenvalue weighted by molar-refractivity contribution is 9.10. The number of nitrogens with one attached hydrogen (secondary N) is 1. The second kappa shape index (κ2) is 10.2. The van der Waals surface area contributed by atoms with Gasteiger partial charge >= 0.3 is 0 Å². The number of benzene rings is 3. The van der Waals surface area contributed by atoms with Gasteiger partial charge < -0.3 is 4.90 Å². The van der Waals surface area contributed by atoms with Gasteiger partial charge in [0.15, 0.2) is 0 Å². The molecule has 1 unspecified atom stereocenters. The molecule has 3 aromatic rings. The Morgan fingerprint density at radius 2 is 1.70 bits per heavy atom. The lowest BCUT2D eigenvalue weighted by molar-refractivity contribution is -0.118. The zero-order valence-corrected chi connectivity index (χ0v) is 20.9. The van der Waals surface area contributed by atoms with Crippen molar-refractivity contribution in [1.82, 2.24) is 4.72 Å². The first-order valence-corrected chi connectivity index (χ1v) is 13.3. The SMILES string of the molecule is CC1Cc2cc(Br)ccc2N1C(=O)CCc1ccc(S(=O)(=O)NCCc2ccccc2)cc1. The van der Waals surface area contributed by atoms with Crippen LogP contribution in [0.3, 0.4) is 0 Å². The Labute approximate surface area is 204 Å². The van der Waals surface area contributed by atoms with Crippen LogP contribution in [-0.2, 0) is 34.1 Å². The van der Waals surface area contributed by atoms with Gasteiger partial charge in [-0.1, -0.05) is 58.4 Å². The van der Waals surface area contributed by atoms with Crippen LogP contribution >= 0.6 is 15.9 Å². The molecule has 172 valence electrons. The number of amides is 1. The summed E-state index contributed by atoms with van der Waals surface area (Å²) in [4.78, 5) is 15.1. The van der Waals surface area contributed by atoms with Gasteiger partial charge in [-0.2, -0.15) is 0 Å². The van der Waals surface area contributed by atoms with E-state index in [1.54, 1.807) is 24.3 Å². The van der Waals surface area contributed by atoms with E-state index in [2.05, 4.69) is 33.6 Å². The van der Waals surface area contributed by atoms with Crippen molar-refractivity contribution in [3.63, 3.8) is 0 Å². The summed E-state index contributed by atoms with van der Waals surface area (Å²) in [7, 11) is -3.56. The number of carbonyl (C=O) groups is 1. The molecule has 1 heterocycles. The van der Waals surface area contributed by atoms with Crippen LogP contribution in [0.25, 0.3) is 0 Å². The summed E-state index contributed by atoms with van der Waals surface area (Å²) in [5.74, 6) is 0.0860. The molecule has 0 aromatic heterocycles. The molecule has 5 nitrogen and oxygen atoms in total. The van der Waals surface area contributed by atoms with Crippen LogP contribution in [0.1, 0.15) is 30.0 Å². The Bertz CT molecular complexity index is 1230. The highest BCUT2D eigenvalue weighted by Crippen LogP contribution is 2.34. The Balaban J connectivity index is 1.33. The van der Waals surface area contributed by atoms with Crippen molar-refractivity contribution in [3.8, 4) is 0 Å². The van der Waals surface area contributed by atoms with E-state index in [9.17, 15) is 13.2 Å². The Hall–Kier alpha value is -2.48. The van der Waals surface area contributed by atoms with Gasteiger partial charge in [0.2, 0.25) is 15.9 Å². The Kier molecular flexibility index (Phi) is 7.32. The summed E-state index contributed by atoms with van der Waals surface area (Å²) in [6.45, 7) is 2.41. The van der Waals surface area contributed by atoms with E-state index in [4.69, 9.17) is 0 Å². The van der Waals surface area contributed by atoms with E-state index in [1.165, 1.54) is 5.56 Å². The molecule has 0 saturated heterocycles. The van der Waals surface area contributed by atoms with Gasteiger partial charge in [0, 0.05) is 29.2 Å². The zero-order chi connectivity index (χ0) is 23.4. The van der Waals surface area contributed by atoms with Crippen molar-refractivity contribution in [3.05, 3.63) is 94.0 Å². The standard InChI is InChI=1S/C26H27BrN2O3S/c1-19-17-22-18-23(27)10-13-25(22)29(19)26(30)14-9-21-7-11-24(12-8-21)33(31,32)28-16-15-20-5-3-2-4-6-20/h2-8,10-13,18-19,28H,9,14-17H2,1H3. The number of nitrogens with zero attached hydrogens (tertiary/aromatic N) is 1. The monoisotopic (exact) mass is 526 g/mol. The first-order valence-electron chi connectivity index (χ1n) is 11.1. The average Bonchev–Trinajstić information content (AvgIpc) is 3.13. The van der Waals surface area contributed by atoms with E-state index in [-0.39, 0.29) is 16.8 Å². The lowest BCUT2D eigenvalue weighted by Gasteiger charge is -2.23. The minimum Gasteiger partial charge on any atom is -0.309 e. The third-order valence-electron chi connectivity index (χ3n) is 5.94. The number of hydrogen-bond acceptors (Lipinski definition) is 3. The predicted octanol–water partition coefficient (Wildman–Crippen LogP) is 4.88. The quantitative estimate of drug-likeness (QED) is 0.454. The molecule has 0 radical (unpaired) electrons. The van der Waals surface area contributed by atoms with Crippen LogP contribution < -0.4 is 9.62 Å². The smallest absolute Gasteiger partial charge is 0.240 e. The molecule has 1 atom stereocenters. The summed E-state index contributed by atoms with van der Waals surface area (Å²) in [5, 5.41) is 0. The molecule has 0 spiro atoms. The number of rotatable bonds is 8.